The summed E-state index contributed by atoms with van der Waals surface area (Å²) in [6.07, 6.45) is 0. The van der Waals surface area contributed by atoms with Gasteiger partial charge in [-0.3, -0.25) is 0 Å². The van der Waals surface area contributed by atoms with Gasteiger partial charge in [0.15, 0.2) is 5.82 Å². The highest BCUT2D eigenvalue weighted by Crippen LogP contribution is 2.46. The fourth-order valence-electron chi connectivity index (χ4n) is 8.72. The summed E-state index contributed by atoms with van der Waals surface area (Å²) in [7, 11) is 0. The van der Waals surface area contributed by atoms with Crippen molar-refractivity contribution in [2.24, 2.45) is 0 Å². The molecular weight excluding hydrogens is 673 g/mol. The molecule has 256 valence electrons. The first-order valence-corrected chi connectivity index (χ1v) is 18.6. The standard InChI is InChI=1S/C50H30N4O/c1-3-13-31(14-4-1)47-39-19-7-10-20-40(39)51-50(52-47)32-23-25-34(26-24-32)54-41-21-11-8-17-35(41)37-27-29-42-45(48(37)54)46-43(53(42)33-15-5-2-6-16-33)30-28-38-36-18-9-12-22-44(36)55-49(38)46/h1-30H. The van der Waals surface area contributed by atoms with Gasteiger partial charge in [0.2, 0.25) is 0 Å². The highest BCUT2D eigenvalue weighted by atomic mass is 16.3. The predicted octanol–water partition coefficient (Wildman–Crippen LogP) is 13.1. The number of rotatable bonds is 4. The van der Waals surface area contributed by atoms with Gasteiger partial charge in [0.25, 0.3) is 0 Å². The Kier molecular flexibility index (Phi) is 6.27. The third kappa shape index (κ3) is 4.35. The third-order valence-corrected chi connectivity index (χ3v) is 11.1. The normalized spacial score (nSPS) is 12.0. The minimum absolute atomic E-state index is 0.701. The highest BCUT2D eigenvalue weighted by molar-refractivity contribution is 6.32. The maximum Gasteiger partial charge on any atom is 0.160 e. The van der Waals surface area contributed by atoms with Crippen LogP contribution < -0.4 is 0 Å². The van der Waals surface area contributed by atoms with Crippen LogP contribution in [-0.2, 0) is 0 Å². The Balaban J connectivity index is 1.15. The first-order valence-electron chi connectivity index (χ1n) is 18.6. The van der Waals surface area contributed by atoms with Crippen LogP contribution in [0.3, 0.4) is 0 Å². The Bertz CT molecular complexity index is 3470. The molecule has 0 aliphatic rings. The van der Waals surface area contributed by atoms with Crippen LogP contribution in [0.2, 0.25) is 0 Å². The lowest BCUT2D eigenvalue weighted by atomic mass is 10.0. The van der Waals surface area contributed by atoms with Gasteiger partial charge >= 0.3 is 0 Å². The molecule has 0 bridgehead atoms. The first-order chi connectivity index (χ1) is 27.3. The Labute approximate surface area is 315 Å². The minimum Gasteiger partial charge on any atom is -0.455 e. The topological polar surface area (TPSA) is 48.8 Å². The van der Waals surface area contributed by atoms with E-state index in [0.29, 0.717) is 5.82 Å². The molecular formula is C50H30N4O. The van der Waals surface area contributed by atoms with Gasteiger partial charge in [-0.25, -0.2) is 9.97 Å². The molecule has 0 spiro atoms. The van der Waals surface area contributed by atoms with Crippen molar-refractivity contribution in [1.82, 2.24) is 19.1 Å². The van der Waals surface area contributed by atoms with Crippen LogP contribution in [0.5, 0.6) is 0 Å². The second-order valence-corrected chi connectivity index (χ2v) is 14.1. The lowest BCUT2D eigenvalue weighted by molar-refractivity contribution is 0.673. The molecule has 0 aliphatic heterocycles. The van der Waals surface area contributed by atoms with E-state index in [9.17, 15) is 0 Å². The number of nitrogens with zero attached hydrogens (tertiary/aromatic N) is 4. The molecule has 4 aromatic heterocycles. The zero-order valence-corrected chi connectivity index (χ0v) is 29.5. The number of hydrogen-bond acceptors (Lipinski definition) is 3. The van der Waals surface area contributed by atoms with Crippen molar-refractivity contribution in [1.29, 1.82) is 0 Å². The van der Waals surface area contributed by atoms with E-state index in [2.05, 4.69) is 167 Å². The van der Waals surface area contributed by atoms with Gasteiger partial charge in [-0.05, 0) is 72.8 Å². The van der Waals surface area contributed by atoms with Crippen molar-refractivity contribution in [2.75, 3.05) is 0 Å². The Morgan fingerprint density at radius 1 is 0.382 bits per heavy atom. The average molecular weight is 703 g/mol. The molecule has 0 saturated heterocycles. The summed E-state index contributed by atoms with van der Waals surface area (Å²) in [5.74, 6) is 0.701. The smallest absolute Gasteiger partial charge is 0.160 e. The van der Waals surface area contributed by atoms with E-state index < -0.39 is 0 Å². The summed E-state index contributed by atoms with van der Waals surface area (Å²) >= 11 is 0. The fourth-order valence-corrected chi connectivity index (χ4v) is 8.72. The zero-order valence-electron chi connectivity index (χ0n) is 29.5. The van der Waals surface area contributed by atoms with Crippen molar-refractivity contribution in [3.05, 3.63) is 182 Å². The fraction of sp³-hybridized carbons (Fsp3) is 0. The van der Waals surface area contributed by atoms with E-state index in [1.165, 1.54) is 10.8 Å². The molecule has 0 unspecified atom stereocenters. The third-order valence-electron chi connectivity index (χ3n) is 11.1. The average Bonchev–Trinajstić information content (AvgIpc) is 3.92. The molecule has 0 N–H and O–H groups in total. The van der Waals surface area contributed by atoms with Crippen LogP contribution in [0.15, 0.2) is 186 Å². The largest absolute Gasteiger partial charge is 0.455 e. The molecule has 0 fully saturated rings. The number of aromatic nitrogens is 4. The lowest BCUT2D eigenvalue weighted by Gasteiger charge is -2.12. The van der Waals surface area contributed by atoms with Gasteiger partial charge < -0.3 is 13.6 Å². The molecule has 12 aromatic rings. The van der Waals surface area contributed by atoms with Crippen molar-refractivity contribution < 1.29 is 4.42 Å². The van der Waals surface area contributed by atoms with Crippen LogP contribution >= 0.6 is 0 Å². The van der Waals surface area contributed by atoms with Gasteiger partial charge in [-0.2, -0.15) is 0 Å². The second-order valence-electron chi connectivity index (χ2n) is 14.1. The van der Waals surface area contributed by atoms with Gasteiger partial charge in [-0.1, -0.05) is 109 Å². The molecule has 12 rings (SSSR count). The van der Waals surface area contributed by atoms with Crippen molar-refractivity contribution in [2.45, 2.75) is 0 Å². The van der Waals surface area contributed by atoms with Crippen LogP contribution in [-0.4, -0.2) is 19.1 Å². The molecule has 5 heteroatoms. The number of para-hydroxylation sites is 4. The maximum absolute atomic E-state index is 6.79. The Morgan fingerprint density at radius 3 is 1.84 bits per heavy atom. The predicted molar refractivity (Wildman–Crippen MR) is 226 cm³/mol. The number of benzene rings is 8. The van der Waals surface area contributed by atoms with E-state index >= 15 is 0 Å². The number of furan rings is 1. The van der Waals surface area contributed by atoms with Crippen molar-refractivity contribution in [3.63, 3.8) is 0 Å². The van der Waals surface area contributed by atoms with E-state index in [4.69, 9.17) is 14.4 Å². The molecule has 0 amide bonds. The lowest BCUT2D eigenvalue weighted by Crippen LogP contribution is -1.97. The van der Waals surface area contributed by atoms with Crippen LogP contribution in [0, 0.1) is 0 Å². The van der Waals surface area contributed by atoms with Gasteiger partial charge in [-0.15, -0.1) is 0 Å². The van der Waals surface area contributed by atoms with Gasteiger partial charge in [0.05, 0.1) is 38.7 Å². The summed E-state index contributed by atoms with van der Waals surface area (Å²) in [5.41, 5.74) is 12.4. The van der Waals surface area contributed by atoms with Crippen molar-refractivity contribution >= 4 is 76.5 Å². The Hall–Kier alpha value is -7.50. The second kappa shape index (κ2) is 11.5. The summed E-state index contributed by atoms with van der Waals surface area (Å²) < 4.78 is 11.6. The van der Waals surface area contributed by atoms with E-state index in [1.54, 1.807) is 0 Å². The van der Waals surface area contributed by atoms with Crippen LogP contribution in [0.4, 0.5) is 0 Å². The zero-order chi connectivity index (χ0) is 36.0. The van der Waals surface area contributed by atoms with Crippen molar-refractivity contribution in [3.8, 4) is 34.0 Å². The van der Waals surface area contributed by atoms with Gasteiger partial charge in [0, 0.05) is 54.8 Å². The Morgan fingerprint density at radius 2 is 1.02 bits per heavy atom. The summed E-state index contributed by atoms with van der Waals surface area (Å²) in [5, 5.41) is 7.93. The molecule has 0 atom stereocenters. The molecule has 4 heterocycles. The highest BCUT2D eigenvalue weighted by Gasteiger charge is 2.24. The van der Waals surface area contributed by atoms with E-state index in [1.807, 2.05) is 24.3 Å². The van der Waals surface area contributed by atoms with Crippen LogP contribution in [0.25, 0.3) is 110 Å². The quantitative estimate of drug-likeness (QED) is 0.183. The monoisotopic (exact) mass is 702 g/mol. The molecule has 5 nitrogen and oxygen atoms in total. The van der Waals surface area contributed by atoms with Gasteiger partial charge in [0.1, 0.15) is 11.2 Å². The van der Waals surface area contributed by atoms with E-state index in [-0.39, 0.29) is 0 Å². The van der Waals surface area contributed by atoms with E-state index in [0.717, 1.165) is 93.9 Å². The summed E-state index contributed by atoms with van der Waals surface area (Å²) in [4.78, 5) is 10.2. The SMILES string of the molecule is c1ccc(-c2nc(-c3ccc(-n4c5ccccc5c5ccc6c(c7c8oc9ccccc9c8ccc7n6-c6ccccc6)c54)cc3)nc3ccccc23)cc1. The number of hydrogen-bond donors (Lipinski definition) is 0. The molecule has 0 saturated carbocycles. The van der Waals surface area contributed by atoms with Crippen LogP contribution in [0.1, 0.15) is 0 Å². The first kappa shape index (κ1) is 30.0. The summed E-state index contributed by atoms with van der Waals surface area (Å²) in [6, 6.07) is 64.0. The minimum atomic E-state index is 0.701. The number of fused-ring (bicyclic) bond motifs is 12. The molecule has 0 aliphatic carbocycles. The molecule has 55 heavy (non-hydrogen) atoms. The summed E-state index contributed by atoms with van der Waals surface area (Å²) in [6.45, 7) is 0. The maximum atomic E-state index is 6.79. The molecule has 0 radical (unpaired) electrons. The molecule has 8 aromatic carbocycles.